The number of H-pyrrole nitrogens is 1. The molecule has 0 aliphatic heterocycles. The van der Waals surface area contributed by atoms with E-state index in [1.54, 1.807) is 6.07 Å². The second-order valence-electron chi connectivity index (χ2n) is 2.92. The summed E-state index contributed by atoms with van der Waals surface area (Å²) in [5, 5.41) is 0. The summed E-state index contributed by atoms with van der Waals surface area (Å²) in [5.41, 5.74) is 2.36. The zero-order valence-corrected chi connectivity index (χ0v) is 8.91. The number of aromatic amines is 1. The van der Waals surface area contributed by atoms with Crippen LogP contribution in [0.1, 0.15) is 18.2 Å². The molecule has 0 bridgehead atoms. The molecular formula is C10H15NOS. The van der Waals surface area contributed by atoms with Crippen LogP contribution in [0.2, 0.25) is 0 Å². The highest BCUT2D eigenvalue weighted by molar-refractivity contribution is 7.98. The maximum atomic E-state index is 11.0. The maximum Gasteiger partial charge on any atom is 0.248 e. The molecule has 72 valence electrons. The summed E-state index contributed by atoms with van der Waals surface area (Å²) in [6, 6.07) is 3.54. The molecule has 0 spiro atoms. The van der Waals surface area contributed by atoms with Crippen LogP contribution in [0.15, 0.2) is 16.9 Å². The number of thioether (sulfide) groups is 1. The zero-order chi connectivity index (χ0) is 9.68. The van der Waals surface area contributed by atoms with Gasteiger partial charge in [-0.05, 0) is 30.4 Å². The summed E-state index contributed by atoms with van der Waals surface area (Å²) in [5.74, 6) is 1.11. The SMILES string of the molecule is CCc1[nH]c(=O)ccc1CCSC. The summed E-state index contributed by atoms with van der Waals surface area (Å²) >= 11 is 1.83. The molecule has 1 heterocycles. The van der Waals surface area contributed by atoms with Gasteiger partial charge in [-0.15, -0.1) is 0 Å². The van der Waals surface area contributed by atoms with E-state index in [0.29, 0.717) is 0 Å². The molecule has 0 atom stereocenters. The minimum absolute atomic E-state index is 0.00440. The van der Waals surface area contributed by atoms with Crippen molar-refractivity contribution in [2.24, 2.45) is 0 Å². The molecule has 0 amide bonds. The van der Waals surface area contributed by atoms with Crippen molar-refractivity contribution in [3.8, 4) is 0 Å². The van der Waals surface area contributed by atoms with Gasteiger partial charge in [0, 0.05) is 11.8 Å². The van der Waals surface area contributed by atoms with Crippen molar-refractivity contribution in [3.63, 3.8) is 0 Å². The lowest BCUT2D eigenvalue weighted by atomic mass is 10.1. The van der Waals surface area contributed by atoms with Gasteiger partial charge in [-0.2, -0.15) is 11.8 Å². The first kappa shape index (κ1) is 10.4. The van der Waals surface area contributed by atoms with E-state index in [9.17, 15) is 4.79 Å². The van der Waals surface area contributed by atoms with E-state index >= 15 is 0 Å². The summed E-state index contributed by atoms with van der Waals surface area (Å²) in [7, 11) is 0. The molecule has 0 aliphatic carbocycles. The molecule has 2 nitrogen and oxygen atoms in total. The van der Waals surface area contributed by atoms with Crippen molar-refractivity contribution in [1.82, 2.24) is 4.98 Å². The molecule has 1 aromatic heterocycles. The summed E-state index contributed by atoms with van der Waals surface area (Å²) < 4.78 is 0. The Labute approximate surface area is 82.8 Å². The molecule has 1 aromatic rings. The fourth-order valence-corrected chi connectivity index (χ4v) is 1.73. The molecule has 0 radical (unpaired) electrons. The summed E-state index contributed by atoms with van der Waals surface area (Å²) in [4.78, 5) is 13.9. The average molecular weight is 197 g/mol. The first-order valence-corrected chi connectivity index (χ1v) is 5.87. The molecule has 0 saturated carbocycles. The molecule has 13 heavy (non-hydrogen) atoms. The smallest absolute Gasteiger partial charge is 0.248 e. The third-order valence-electron chi connectivity index (χ3n) is 2.03. The Morgan fingerprint density at radius 3 is 2.85 bits per heavy atom. The Hall–Kier alpha value is -0.700. The van der Waals surface area contributed by atoms with E-state index < -0.39 is 0 Å². The summed E-state index contributed by atoms with van der Waals surface area (Å²) in [6.07, 6.45) is 4.04. The first-order chi connectivity index (χ1) is 6.27. The Kier molecular flexibility index (Phi) is 4.09. The van der Waals surface area contributed by atoms with Crippen LogP contribution in [-0.4, -0.2) is 17.0 Å². The average Bonchev–Trinajstić information content (AvgIpc) is 2.16. The number of aromatic nitrogens is 1. The van der Waals surface area contributed by atoms with Gasteiger partial charge in [-0.25, -0.2) is 0 Å². The third-order valence-corrected chi connectivity index (χ3v) is 2.64. The van der Waals surface area contributed by atoms with E-state index in [0.717, 1.165) is 24.3 Å². The van der Waals surface area contributed by atoms with Crippen LogP contribution < -0.4 is 5.56 Å². The quantitative estimate of drug-likeness (QED) is 0.799. The number of pyridine rings is 1. The molecular weight excluding hydrogens is 182 g/mol. The number of nitrogens with one attached hydrogen (secondary N) is 1. The van der Waals surface area contributed by atoms with E-state index in [1.165, 1.54) is 5.56 Å². The van der Waals surface area contributed by atoms with Gasteiger partial charge in [-0.3, -0.25) is 4.79 Å². The highest BCUT2D eigenvalue weighted by Crippen LogP contribution is 2.07. The number of aryl methyl sites for hydroxylation is 2. The fourth-order valence-electron chi connectivity index (χ4n) is 1.31. The van der Waals surface area contributed by atoms with Crippen molar-refractivity contribution in [3.05, 3.63) is 33.7 Å². The van der Waals surface area contributed by atoms with E-state index in [4.69, 9.17) is 0 Å². The minimum atomic E-state index is 0.00440. The lowest BCUT2D eigenvalue weighted by molar-refractivity contribution is 0.951. The van der Waals surface area contributed by atoms with Gasteiger partial charge in [0.05, 0.1) is 0 Å². The van der Waals surface area contributed by atoms with Gasteiger partial charge in [0.1, 0.15) is 0 Å². The predicted octanol–water partition coefficient (Wildman–Crippen LogP) is 1.84. The second kappa shape index (κ2) is 5.12. The van der Waals surface area contributed by atoms with Crippen LogP contribution in [-0.2, 0) is 12.8 Å². The summed E-state index contributed by atoms with van der Waals surface area (Å²) in [6.45, 7) is 2.06. The molecule has 0 saturated heterocycles. The lowest BCUT2D eigenvalue weighted by Gasteiger charge is -2.05. The second-order valence-corrected chi connectivity index (χ2v) is 3.91. The van der Waals surface area contributed by atoms with Crippen molar-refractivity contribution in [1.29, 1.82) is 0 Å². The first-order valence-electron chi connectivity index (χ1n) is 4.48. The predicted molar refractivity (Wildman–Crippen MR) is 58.5 cm³/mol. The Morgan fingerprint density at radius 2 is 2.23 bits per heavy atom. The van der Waals surface area contributed by atoms with Crippen LogP contribution >= 0.6 is 11.8 Å². The molecule has 0 aliphatic rings. The lowest BCUT2D eigenvalue weighted by Crippen LogP contribution is -2.10. The highest BCUT2D eigenvalue weighted by atomic mass is 32.2. The molecule has 1 rings (SSSR count). The van der Waals surface area contributed by atoms with Crippen LogP contribution in [0, 0.1) is 0 Å². The minimum Gasteiger partial charge on any atom is -0.326 e. The Bertz CT molecular complexity index is 319. The molecule has 0 fully saturated rings. The molecule has 0 aromatic carbocycles. The fraction of sp³-hybridized carbons (Fsp3) is 0.500. The van der Waals surface area contributed by atoms with Gasteiger partial charge in [-0.1, -0.05) is 13.0 Å². The Morgan fingerprint density at radius 1 is 1.46 bits per heavy atom. The standard InChI is InChI=1S/C10H15NOS/c1-3-9-8(6-7-13-2)4-5-10(12)11-9/h4-5H,3,6-7H2,1-2H3,(H,11,12). The van der Waals surface area contributed by atoms with Crippen molar-refractivity contribution < 1.29 is 0 Å². The van der Waals surface area contributed by atoms with Crippen LogP contribution in [0.25, 0.3) is 0 Å². The monoisotopic (exact) mass is 197 g/mol. The van der Waals surface area contributed by atoms with Gasteiger partial charge in [0.25, 0.3) is 0 Å². The largest absolute Gasteiger partial charge is 0.326 e. The van der Waals surface area contributed by atoms with E-state index in [-0.39, 0.29) is 5.56 Å². The maximum absolute atomic E-state index is 11.0. The third kappa shape index (κ3) is 2.92. The Balaban J connectivity index is 2.86. The van der Waals surface area contributed by atoms with Crippen molar-refractivity contribution in [2.75, 3.05) is 12.0 Å². The molecule has 1 N–H and O–H groups in total. The van der Waals surface area contributed by atoms with Gasteiger partial charge < -0.3 is 4.98 Å². The van der Waals surface area contributed by atoms with Gasteiger partial charge in [0.15, 0.2) is 0 Å². The van der Waals surface area contributed by atoms with Crippen LogP contribution in [0.4, 0.5) is 0 Å². The normalized spacial score (nSPS) is 10.3. The topological polar surface area (TPSA) is 32.9 Å². The molecule has 3 heteroatoms. The zero-order valence-electron chi connectivity index (χ0n) is 8.09. The number of hydrogen-bond acceptors (Lipinski definition) is 2. The highest BCUT2D eigenvalue weighted by Gasteiger charge is 2.00. The van der Waals surface area contributed by atoms with Crippen molar-refractivity contribution in [2.45, 2.75) is 19.8 Å². The van der Waals surface area contributed by atoms with Crippen LogP contribution in [0.5, 0.6) is 0 Å². The number of hydrogen-bond donors (Lipinski definition) is 1. The van der Waals surface area contributed by atoms with Gasteiger partial charge >= 0.3 is 0 Å². The molecule has 0 unspecified atom stereocenters. The van der Waals surface area contributed by atoms with E-state index in [1.807, 2.05) is 17.8 Å². The van der Waals surface area contributed by atoms with Gasteiger partial charge in [0.2, 0.25) is 5.56 Å². The van der Waals surface area contributed by atoms with E-state index in [2.05, 4.69) is 18.2 Å². The van der Waals surface area contributed by atoms with Crippen molar-refractivity contribution >= 4 is 11.8 Å². The van der Waals surface area contributed by atoms with Crippen LogP contribution in [0.3, 0.4) is 0 Å². The number of rotatable bonds is 4.